The van der Waals surface area contributed by atoms with Gasteiger partial charge in [0.25, 0.3) is 0 Å². The lowest BCUT2D eigenvalue weighted by Crippen LogP contribution is -2.25. The monoisotopic (exact) mass is 418 g/mol. The largest absolute Gasteiger partial charge is 0.339 e. The number of amides is 1. The number of sulfonamides is 1. The molecule has 1 saturated heterocycles. The highest BCUT2D eigenvalue weighted by Crippen LogP contribution is 2.25. The third-order valence-corrected chi connectivity index (χ3v) is 7.05. The summed E-state index contributed by atoms with van der Waals surface area (Å²) in [5.41, 5.74) is 1.22. The lowest BCUT2D eigenvalue weighted by Gasteiger charge is -2.17. The van der Waals surface area contributed by atoms with E-state index in [4.69, 9.17) is 4.52 Å². The zero-order valence-corrected chi connectivity index (χ0v) is 16.5. The van der Waals surface area contributed by atoms with E-state index < -0.39 is 10.0 Å². The molecule has 1 N–H and O–H groups in total. The molecule has 1 aromatic carbocycles. The molecule has 1 aliphatic heterocycles. The van der Waals surface area contributed by atoms with Crippen molar-refractivity contribution in [2.45, 2.75) is 19.3 Å². The van der Waals surface area contributed by atoms with Gasteiger partial charge < -0.3 is 9.84 Å². The Morgan fingerprint density at radius 3 is 2.75 bits per heavy atom. The van der Waals surface area contributed by atoms with Crippen LogP contribution in [-0.2, 0) is 21.2 Å². The number of hydrogen-bond donors (Lipinski definition) is 1. The minimum absolute atomic E-state index is 0.176. The molecule has 0 radical (unpaired) electrons. The summed E-state index contributed by atoms with van der Waals surface area (Å²) in [6.45, 7) is 0.492. The second-order valence-corrected chi connectivity index (χ2v) is 9.29. The van der Waals surface area contributed by atoms with E-state index in [1.807, 2.05) is 17.5 Å². The molecule has 0 bridgehead atoms. The molecule has 3 heterocycles. The van der Waals surface area contributed by atoms with E-state index in [0.717, 1.165) is 4.88 Å². The number of benzene rings is 1. The van der Waals surface area contributed by atoms with Crippen molar-refractivity contribution in [3.8, 4) is 10.7 Å². The fraction of sp³-hybridized carbons (Fsp3) is 0.278. The summed E-state index contributed by atoms with van der Waals surface area (Å²) >= 11 is 1.52. The first kappa shape index (κ1) is 18.6. The van der Waals surface area contributed by atoms with Crippen LogP contribution in [0.15, 0.2) is 46.3 Å². The summed E-state index contributed by atoms with van der Waals surface area (Å²) in [7, 11) is -3.21. The Labute approximate surface area is 166 Å². The highest BCUT2D eigenvalue weighted by atomic mass is 32.2. The van der Waals surface area contributed by atoms with E-state index in [0.29, 0.717) is 42.5 Å². The third-order valence-electron chi connectivity index (χ3n) is 4.31. The number of rotatable bonds is 6. The highest BCUT2D eigenvalue weighted by molar-refractivity contribution is 7.93. The second-order valence-electron chi connectivity index (χ2n) is 6.33. The Morgan fingerprint density at radius 2 is 2.07 bits per heavy atom. The van der Waals surface area contributed by atoms with Gasteiger partial charge in [-0.2, -0.15) is 4.98 Å². The molecule has 1 fully saturated rings. The molecule has 10 heteroatoms. The van der Waals surface area contributed by atoms with Gasteiger partial charge in [0.15, 0.2) is 0 Å². The minimum atomic E-state index is -3.21. The fourth-order valence-corrected chi connectivity index (χ4v) is 5.16. The van der Waals surface area contributed by atoms with E-state index in [2.05, 4.69) is 15.5 Å². The van der Waals surface area contributed by atoms with Crippen molar-refractivity contribution in [3.05, 3.63) is 47.7 Å². The quantitative estimate of drug-likeness (QED) is 0.660. The Bertz CT molecular complexity index is 1060. The predicted molar refractivity (Wildman–Crippen MR) is 107 cm³/mol. The van der Waals surface area contributed by atoms with Crippen LogP contribution in [0.5, 0.6) is 0 Å². The molecular weight excluding hydrogens is 400 g/mol. The SMILES string of the molecule is O=C(CCc1nc(-c2cccs2)no1)Nc1ccc(N2CCCS2(=O)=O)cc1. The molecular formula is C18H18N4O4S2. The van der Waals surface area contributed by atoms with Crippen molar-refractivity contribution in [2.75, 3.05) is 21.9 Å². The Kier molecular flexibility index (Phi) is 5.14. The Balaban J connectivity index is 1.31. The molecule has 2 aromatic heterocycles. The van der Waals surface area contributed by atoms with E-state index in [1.165, 1.54) is 15.6 Å². The smallest absolute Gasteiger partial charge is 0.235 e. The van der Waals surface area contributed by atoms with Crippen molar-refractivity contribution in [1.29, 1.82) is 0 Å². The number of thiophene rings is 1. The van der Waals surface area contributed by atoms with Crippen molar-refractivity contribution in [1.82, 2.24) is 10.1 Å². The molecule has 0 atom stereocenters. The number of nitrogens with zero attached hydrogens (tertiary/aromatic N) is 3. The minimum Gasteiger partial charge on any atom is -0.339 e. The molecule has 4 rings (SSSR count). The molecule has 0 aliphatic carbocycles. The zero-order chi connectivity index (χ0) is 19.6. The van der Waals surface area contributed by atoms with Gasteiger partial charge in [-0.15, -0.1) is 11.3 Å². The van der Waals surface area contributed by atoms with Gasteiger partial charge in [0.2, 0.25) is 27.6 Å². The zero-order valence-electron chi connectivity index (χ0n) is 14.9. The first-order valence-corrected chi connectivity index (χ1v) is 11.3. The van der Waals surface area contributed by atoms with E-state index in [9.17, 15) is 13.2 Å². The fourth-order valence-electron chi connectivity index (χ4n) is 2.95. The van der Waals surface area contributed by atoms with Gasteiger partial charge in [-0.1, -0.05) is 11.2 Å². The topological polar surface area (TPSA) is 105 Å². The van der Waals surface area contributed by atoms with Gasteiger partial charge in [-0.05, 0) is 42.1 Å². The standard InChI is InChI=1S/C18H18N4O4S2/c23-16(8-9-17-20-18(21-26-17)15-3-1-11-27-15)19-13-4-6-14(7-5-13)22-10-2-12-28(22,24)25/h1,3-7,11H,2,8-10,12H2,(H,19,23). The number of carbonyl (C=O) groups excluding carboxylic acids is 1. The van der Waals surface area contributed by atoms with Crippen LogP contribution in [-0.4, -0.2) is 36.8 Å². The molecule has 1 aliphatic rings. The molecule has 0 saturated carbocycles. The van der Waals surface area contributed by atoms with Gasteiger partial charge in [0.05, 0.1) is 16.3 Å². The number of nitrogens with one attached hydrogen (secondary N) is 1. The number of hydrogen-bond acceptors (Lipinski definition) is 7. The summed E-state index contributed by atoms with van der Waals surface area (Å²) in [6, 6.07) is 10.6. The van der Waals surface area contributed by atoms with Crippen LogP contribution in [0.4, 0.5) is 11.4 Å². The van der Waals surface area contributed by atoms with Gasteiger partial charge in [0, 0.05) is 25.1 Å². The van der Waals surface area contributed by atoms with Crippen LogP contribution >= 0.6 is 11.3 Å². The normalized spacial score (nSPS) is 15.6. The highest BCUT2D eigenvalue weighted by Gasteiger charge is 2.28. The molecule has 146 valence electrons. The lowest BCUT2D eigenvalue weighted by atomic mass is 10.2. The Hall–Kier alpha value is -2.72. The first-order valence-electron chi connectivity index (χ1n) is 8.78. The molecule has 3 aromatic rings. The van der Waals surface area contributed by atoms with Gasteiger partial charge in [-0.3, -0.25) is 9.10 Å². The van der Waals surface area contributed by atoms with Gasteiger partial charge in [0.1, 0.15) is 0 Å². The average molecular weight is 419 g/mol. The second kappa shape index (κ2) is 7.72. The molecule has 28 heavy (non-hydrogen) atoms. The van der Waals surface area contributed by atoms with E-state index in [-0.39, 0.29) is 18.1 Å². The first-order chi connectivity index (χ1) is 13.5. The summed E-state index contributed by atoms with van der Waals surface area (Å²) in [4.78, 5) is 17.4. The van der Waals surface area contributed by atoms with Crippen molar-refractivity contribution in [3.63, 3.8) is 0 Å². The Morgan fingerprint density at radius 1 is 1.25 bits per heavy atom. The number of carbonyl (C=O) groups is 1. The molecule has 0 spiro atoms. The third kappa shape index (κ3) is 4.07. The molecule has 1 amide bonds. The van der Waals surface area contributed by atoms with Crippen LogP contribution in [0.1, 0.15) is 18.7 Å². The maximum Gasteiger partial charge on any atom is 0.235 e. The van der Waals surface area contributed by atoms with Crippen LogP contribution in [0.3, 0.4) is 0 Å². The van der Waals surface area contributed by atoms with Crippen LogP contribution in [0.25, 0.3) is 10.7 Å². The van der Waals surface area contributed by atoms with Crippen LogP contribution in [0.2, 0.25) is 0 Å². The molecule has 8 nitrogen and oxygen atoms in total. The maximum atomic E-state index is 12.2. The number of aromatic nitrogens is 2. The number of aryl methyl sites for hydroxylation is 1. The maximum absolute atomic E-state index is 12.2. The average Bonchev–Trinajstić information content (AvgIpc) is 3.41. The summed E-state index contributed by atoms with van der Waals surface area (Å²) < 4.78 is 30.5. The molecule has 0 unspecified atom stereocenters. The lowest BCUT2D eigenvalue weighted by molar-refractivity contribution is -0.116. The summed E-state index contributed by atoms with van der Waals surface area (Å²) in [5, 5.41) is 8.64. The summed E-state index contributed by atoms with van der Waals surface area (Å²) in [5.74, 6) is 0.929. The van der Waals surface area contributed by atoms with Crippen molar-refractivity contribution >= 4 is 38.6 Å². The van der Waals surface area contributed by atoms with E-state index in [1.54, 1.807) is 24.3 Å². The van der Waals surface area contributed by atoms with Crippen molar-refractivity contribution < 1.29 is 17.7 Å². The van der Waals surface area contributed by atoms with Gasteiger partial charge >= 0.3 is 0 Å². The predicted octanol–water partition coefficient (Wildman–Crippen LogP) is 2.91. The van der Waals surface area contributed by atoms with Crippen LogP contribution < -0.4 is 9.62 Å². The van der Waals surface area contributed by atoms with Crippen LogP contribution in [0, 0.1) is 0 Å². The van der Waals surface area contributed by atoms with Gasteiger partial charge in [-0.25, -0.2) is 8.42 Å². The number of anilines is 2. The van der Waals surface area contributed by atoms with E-state index >= 15 is 0 Å². The summed E-state index contributed by atoms with van der Waals surface area (Å²) in [6.07, 6.45) is 1.17. The van der Waals surface area contributed by atoms with Crippen molar-refractivity contribution in [2.24, 2.45) is 0 Å².